The van der Waals surface area contributed by atoms with Crippen molar-refractivity contribution >= 4 is 5.78 Å². The molecule has 2 aliphatic rings. The molecule has 1 N–H and O–H groups in total. The van der Waals surface area contributed by atoms with Crippen molar-refractivity contribution in [2.24, 2.45) is 5.41 Å². The van der Waals surface area contributed by atoms with Crippen molar-refractivity contribution in [1.29, 1.82) is 0 Å². The zero-order chi connectivity index (χ0) is 8.60. The van der Waals surface area contributed by atoms with E-state index in [-0.39, 0.29) is 11.2 Å². The number of carbonyl (C=O) groups is 1. The van der Waals surface area contributed by atoms with Gasteiger partial charge in [-0.15, -0.1) is 0 Å². The van der Waals surface area contributed by atoms with Crippen LogP contribution in [0.4, 0.5) is 0 Å². The number of ketones is 1. The van der Waals surface area contributed by atoms with Crippen LogP contribution >= 0.6 is 0 Å². The van der Waals surface area contributed by atoms with Gasteiger partial charge in [-0.25, -0.2) is 0 Å². The van der Waals surface area contributed by atoms with Gasteiger partial charge in [-0.3, -0.25) is 4.79 Å². The summed E-state index contributed by atoms with van der Waals surface area (Å²) in [5.41, 5.74) is 0.149. The molecule has 0 saturated heterocycles. The maximum atomic E-state index is 11.2. The number of hydrogen-bond donors (Lipinski definition) is 1. The quantitative estimate of drug-likeness (QED) is 0.599. The number of carbonyl (C=O) groups excluding carboxylic acids is 1. The summed E-state index contributed by atoms with van der Waals surface area (Å²) in [6.45, 7) is 0. The van der Waals surface area contributed by atoms with E-state index < -0.39 is 0 Å². The Kier molecular flexibility index (Phi) is 1.71. The first-order chi connectivity index (χ1) is 5.70. The Labute approximate surface area is 72.3 Å². The molecule has 2 heteroatoms. The summed E-state index contributed by atoms with van der Waals surface area (Å²) in [6.07, 6.45) is 7.48. The largest absolute Gasteiger partial charge is 0.512 e. The van der Waals surface area contributed by atoms with Gasteiger partial charge in [-0.1, -0.05) is 12.8 Å². The Hall–Kier alpha value is -0.790. The first-order valence-corrected chi connectivity index (χ1v) is 4.63. The molecule has 12 heavy (non-hydrogen) atoms. The van der Waals surface area contributed by atoms with E-state index in [0.717, 1.165) is 19.3 Å². The smallest absolute Gasteiger partial charge is 0.159 e. The van der Waals surface area contributed by atoms with Crippen LogP contribution in [-0.4, -0.2) is 10.9 Å². The average Bonchev–Trinajstić information content (AvgIpc) is 2.33. The zero-order valence-corrected chi connectivity index (χ0v) is 7.18. The first kappa shape index (κ1) is 7.84. The molecule has 0 unspecified atom stereocenters. The third-order valence-corrected chi connectivity index (χ3v) is 3.10. The molecule has 0 radical (unpaired) electrons. The van der Waals surface area contributed by atoms with Gasteiger partial charge in [0.1, 0.15) is 0 Å². The highest BCUT2D eigenvalue weighted by molar-refractivity contribution is 5.91. The van der Waals surface area contributed by atoms with Crippen LogP contribution in [-0.2, 0) is 4.79 Å². The van der Waals surface area contributed by atoms with E-state index in [0.29, 0.717) is 12.2 Å². The predicted octanol–water partition coefficient (Wildman–Crippen LogP) is 2.35. The lowest BCUT2D eigenvalue weighted by Crippen LogP contribution is -2.25. The van der Waals surface area contributed by atoms with Crippen molar-refractivity contribution in [3.05, 3.63) is 11.8 Å². The van der Waals surface area contributed by atoms with Gasteiger partial charge in [0, 0.05) is 18.9 Å². The summed E-state index contributed by atoms with van der Waals surface area (Å²) in [5, 5.41) is 9.35. The SMILES string of the molecule is O=C1C=C(O)CC2(CCCC2)C1. The highest BCUT2D eigenvalue weighted by Gasteiger charge is 2.38. The molecule has 2 nitrogen and oxygen atoms in total. The van der Waals surface area contributed by atoms with Crippen molar-refractivity contribution < 1.29 is 9.90 Å². The Morgan fingerprint density at radius 1 is 1.25 bits per heavy atom. The second-order valence-corrected chi connectivity index (χ2v) is 4.16. The highest BCUT2D eigenvalue weighted by Crippen LogP contribution is 2.47. The number of aliphatic hydroxyl groups is 1. The Bertz CT molecular complexity index is 234. The monoisotopic (exact) mass is 166 g/mol. The molecule has 0 bridgehead atoms. The topological polar surface area (TPSA) is 37.3 Å². The third-order valence-electron chi connectivity index (χ3n) is 3.10. The van der Waals surface area contributed by atoms with Gasteiger partial charge in [-0.05, 0) is 18.3 Å². The van der Waals surface area contributed by atoms with E-state index in [1.807, 2.05) is 0 Å². The molecule has 1 fully saturated rings. The van der Waals surface area contributed by atoms with Gasteiger partial charge in [-0.2, -0.15) is 0 Å². The summed E-state index contributed by atoms with van der Waals surface area (Å²) in [5.74, 6) is 0.411. The van der Waals surface area contributed by atoms with Crippen LogP contribution in [0.1, 0.15) is 38.5 Å². The average molecular weight is 166 g/mol. The summed E-state index contributed by atoms with van der Waals surface area (Å²) in [4.78, 5) is 11.2. The number of rotatable bonds is 0. The molecular weight excluding hydrogens is 152 g/mol. The second kappa shape index (κ2) is 2.61. The van der Waals surface area contributed by atoms with Gasteiger partial charge >= 0.3 is 0 Å². The summed E-state index contributed by atoms with van der Waals surface area (Å²) >= 11 is 0. The van der Waals surface area contributed by atoms with Gasteiger partial charge in [0.15, 0.2) is 5.78 Å². The maximum absolute atomic E-state index is 11.2. The molecule has 0 atom stereocenters. The van der Waals surface area contributed by atoms with Crippen LogP contribution in [0.5, 0.6) is 0 Å². The van der Waals surface area contributed by atoms with Crippen molar-refractivity contribution in [2.45, 2.75) is 38.5 Å². The molecule has 0 heterocycles. The highest BCUT2D eigenvalue weighted by atomic mass is 16.3. The van der Waals surface area contributed by atoms with Gasteiger partial charge in [0.05, 0.1) is 5.76 Å². The van der Waals surface area contributed by atoms with E-state index in [1.165, 1.54) is 18.9 Å². The standard InChI is InChI=1S/C10H14O2/c11-8-5-9(12)7-10(6-8)3-1-2-4-10/h5,11H,1-4,6-7H2. The van der Waals surface area contributed by atoms with Crippen LogP contribution in [0.2, 0.25) is 0 Å². The normalized spacial score (nSPS) is 27.7. The molecule has 2 aliphatic carbocycles. The summed E-state index contributed by atoms with van der Waals surface area (Å²) in [7, 11) is 0. The molecule has 1 spiro atoms. The number of hydrogen-bond acceptors (Lipinski definition) is 2. The summed E-state index contributed by atoms with van der Waals surface area (Å²) in [6, 6.07) is 0. The van der Waals surface area contributed by atoms with Crippen molar-refractivity contribution in [2.75, 3.05) is 0 Å². The molecular formula is C10H14O2. The molecule has 1 saturated carbocycles. The lowest BCUT2D eigenvalue weighted by molar-refractivity contribution is -0.117. The Morgan fingerprint density at radius 3 is 2.50 bits per heavy atom. The van der Waals surface area contributed by atoms with E-state index in [2.05, 4.69) is 0 Å². The number of allylic oxidation sites excluding steroid dienone is 2. The Balaban J connectivity index is 2.20. The van der Waals surface area contributed by atoms with Crippen LogP contribution < -0.4 is 0 Å². The van der Waals surface area contributed by atoms with E-state index >= 15 is 0 Å². The number of aliphatic hydroxyl groups excluding tert-OH is 1. The minimum Gasteiger partial charge on any atom is -0.512 e. The second-order valence-electron chi connectivity index (χ2n) is 4.16. The van der Waals surface area contributed by atoms with Crippen LogP contribution in [0, 0.1) is 5.41 Å². The van der Waals surface area contributed by atoms with E-state index in [1.54, 1.807) is 0 Å². The fourth-order valence-electron chi connectivity index (χ4n) is 2.58. The third kappa shape index (κ3) is 1.26. The first-order valence-electron chi connectivity index (χ1n) is 4.63. The van der Waals surface area contributed by atoms with E-state index in [9.17, 15) is 9.90 Å². The molecule has 66 valence electrons. The van der Waals surface area contributed by atoms with Gasteiger partial charge in [0.2, 0.25) is 0 Å². The predicted molar refractivity (Wildman–Crippen MR) is 45.9 cm³/mol. The van der Waals surface area contributed by atoms with Crippen LogP contribution in [0.3, 0.4) is 0 Å². The van der Waals surface area contributed by atoms with Crippen molar-refractivity contribution in [3.8, 4) is 0 Å². The fraction of sp³-hybridized carbons (Fsp3) is 0.700. The molecule has 0 aromatic carbocycles. The van der Waals surface area contributed by atoms with Crippen LogP contribution in [0.25, 0.3) is 0 Å². The van der Waals surface area contributed by atoms with Gasteiger partial charge < -0.3 is 5.11 Å². The fourth-order valence-corrected chi connectivity index (χ4v) is 2.58. The molecule has 0 aromatic rings. The zero-order valence-electron chi connectivity index (χ0n) is 7.18. The lowest BCUT2D eigenvalue weighted by Gasteiger charge is -2.30. The molecule has 2 rings (SSSR count). The maximum Gasteiger partial charge on any atom is 0.159 e. The van der Waals surface area contributed by atoms with E-state index in [4.69, 9.17) is 0 Å². The lowest BCUT2D eigenvalue weighted by atomic mass is 9.74. The Morgan fingerprint density at radius 2 is 1.92 bits per heavy atom. The van der Waals surface area contributed by atoms with Crippen molar-refractivity contribution in [3.63, 3.8) is 0 Å². The van der Waals surface area contributed by atoms with Crippen molar-refractivity contribution in [1.82, 2.24) is 0 Å². The molecule has 0 aliphatic heterocycles. The molecule has 0 aromatic heterocycles. The minimum atomic E-state index is 0.112. The minimum absolute atomic E-state index is 0.112. The van der Waals surface area contributed by atoms with Gasteiger partial charge in [0.25, 0.3) is 0 Å². The molecule has 0 amide bonds. The summed E-state index contributed by atoms with van der Waals surface area (Å²) < 4.78 is 0. The van der Waals surface area contributed by atoms with Crippen LogP contribution in [0.15, 0.2) is 11.8 Å².